The second-order valence-electron chi connectivity index (χ2n) is 5.80. The molecule has 8 nitrogen and oxygen atoms in total. The van der Waals surface area contributed by atoms with Crippen molar-refractivity contribution in [2.75, 3.05) is 19.7 Å². The largest absolute Gasteiger partial charge is 0.494 e. The number of carbonyl (C=O) groups excluding carboxylic acids is 1. The first kappa shape index (κ1) is 18.7. The van der Waals surface area contributed by atoms with Crippen LogP contribution in [0.15, 0.2) is 29.3 Å². The zero-order valence-electron chi connectivity index (χ0n) is 14.0. The summed E-state index contributed by atoms with van der Waals surface area (Å²) in [6.45, 7) is 1.98. The van der Waals surface area contributed by atoms with Crippen LogP contribution >= 0.6 is 0 Å². The fraction of sp³-hybridized carbons (Fsp3) is 0.471. The Morgan fingerprint density at radius 3 is 2.76 bits per heavy atom. The van der Waals surface area contributed by atoms with Gasteiger partial charge in [-0.05, 0) is 37.0 Å². The Bertz CT molecular complexity index is 616. The van der Waals surface area contributed by atoms with Gasteiger partial charge < -0.3 is 20.9 Å². The minimum atomic E-state index is -1.02. The molecule has 0 aliphatic carbocycles. The molecule has 0 spiro atoms. The number of aliphatic carboxylic acids is 1. The Kier molecular flexibility index (Phi) is 7.21. The third-order valence-electron chi connectivity index (χ3n) is 3.67. The van der Waals surface area contributed by atoms with Crippen LogP contribution in [0.3, 0.4) is 0 Å². The minimum absolute atomic E-state index is 0.0882. The molecule has 0 unspecified atom stereocenters. The normalized spacial score (nSPS) is 14.8. The number of hydrogen-bond donors (Lipinski definition) is 4. The maximum Gasteiger partial charge on any atom is 0.320 e. The highest BCUT2D eigenvalue weighted by Crippen LogP contribution is 2.13. The number of nitrogens with one attached hydrogen (secondary N) is 2. The van der Waals surface area contributed by atoms with Gasteiger partial charge in [0.25, 0.3) is 0 Å². The SMILES string of the molecule is N[C@@H](Cc1ccc(OCCCC(=O)NC2=NCCCN2)cc1)C(=O)O. The van der Waals surface area contributed by atoms with E-state index in [4.69, 9.17) is 15.6 Å². The molecule has 1 heterocycles. The number of carbonyl (C=O) groups is 2. The van der Waals surface area contributed by atoms with E-state index in [2.05, 4.69) is 15.6 Å². The summed E-state index contributed by atoms with van der Waals surface area (Å²) in [4.78, 5) is 26.7. The zero-order valence-corrected chi connectivity index (χ0v) is 14.0. The summed E-state index contributed by atoms with van der Waals surface area (Å²) in [5.74, 6) is 0.112. The number of carboxylic acids is 1. The van der Waals surface area contributed by atoms with Crippen molar-refractivity contribution in [1.29, 1.82) is 0 Å². The second-order valence-corrected chi connectivity index (χ2v) is 5.80. The van der Waals surface area contributed by atoms with Crippen LogP contribution in [0.4, 0.5) is 0 Å². The molecule has 8 heteroatoms. The standard InChI is InChI=1S/C17H24N4O4/c18-14(16(23)24)11-12-4-6-13(7-5-12)25-10-1-3-15(22)21-17-19-8-2-9-20-17/h4-7,14H,1-3,8-11,18H2,(H,23,24)(H2,19,20,21,22)/t14-/m0/s1. The van der Waals surface area contributed by atoms with Crippen molar-refractivity contribution in [2.45, 2.75) is 31.7 Å². The summed E-state index contributed by atoms with van der Waals surface area (Å²) in [6.07, 6.45) is 2.19. The third-order valence-corrected chi connectivity index (χ3v) is 3.67. The predicted molar refractivity (Wildman–Crippen MR) is 93.6 cm³/mol. The number of benzene rings is 1. The molecule has 1 aliphatic heterocycles. The lowest BCUT2D eigenvalue weighted by Crippen LogP contribution is -2.43. The van der Waals surface area contributed by atoms with Crippen molar-refractivity contribution in [1.82, 2.24) is 10.6 Å². The van der Waals surface area contributed by atoms with Crippen molar-refractivity contribution >= 4 is 17.8 Å². The van der Waals surface area contributed by atoms with Crippen molar-refractivity contribution in [3.8, 4) is 5.75 Å². The molecule has 0 aromatic heterocycles. The molecular formula is C17H24N4O4. The van der Waals surface area contributed by atoms with Crippen LogP contribution in [-0.4, -0.2) is 48.7 Å². The van der Waals surface area contributed by atoms with Crippen LogP contribution in [0.2, 0.25) is 0 Å². The Labute approximate surface area is 146 Å². The van der Waals surface area contributed by atoms with Crippen LogP contribution in [0, 0.1) is 0 Å². The predicted octanol–water partition coefficient (Wildman–Crippen LogP) is 0.266. The first-order valence-electron chi connectivity index (χ1n) is 8.33. The van der Waals surface area contributed by atoms with Gasteiger partial charge in [0.2, 0.25) is 5.91 Å². The van der Waals surface area contributed by atoms with Crippen LogP contribution in [0.25, 0.3) is 0 Å². The first-order chi connectivity index (χ1) is 12.0. The van der Waals surface area contributed by atoms with Crippen molar-refractivity contribution in [2.24, 2.45) is 10.7 Å². The van der Waals surface area contributed by atoms with Gasteiger partial charge in [-0.2, -0.15) is 0 Å². The average Bonchev–Trinajstić information content (AvgIpc) is 2.61. The Balaban J connectivity index is 1.65. The number of guanidine groups is 1. The summed E-state index contributed by atoms with van der Waals surface area (Å²) < 4.78 is 5.58. The molecule has 25 heavy (non-hydrogen) atoms. The van der Waals surface area contributed by atoms with Gasteiger partial charge in [0.15, 0.2) is 5.96 Å². The lowest BCUT2D eigenvalue weighted by atomic mass is 10.1. The van der Waals surface area contributed by atoms with Crippen LogP contribution < -0.4 is 21.1 Å². The van der Waals surface area contributed by atoms with Gasteiger partial charge in [0, 0.05) is 19.5 Å². The van der Waals surface area contributed by atoms with E-state index >= 15 is 0 Å². The molecule has 0 bridgehead atoms. The van der Waals surface area contributed by atoms with Gasteiger partial charge >= 0.3 is 5.97 Å². The van der Waals surface area contributed by atoms with Gasteiger partial charge in [0.05, 0.1) is 6.61 Å². The van der Waals surface area contributed by atoms with E-state index < -0.39 is 12.0 Å². The van der Waals surface area contributed by atoms with E-state index in [0.29, 0.717) is 31.2 Å². The van der Waals surface area contributed by atoms with Gasteiger partial charge in [0.1, 0.15) is 11.8 Å². The minimum Gasteiger partial charge on any atom is -0.494 e. The van der Waals surface area contributed by atoms with E-state index in [-0.39, 0.29) is 12.3 Å². The highest BCUT2D eigenvalue weighted by molar-refractivity contribution is 5.97. The molecular weight excluding hydrogens is 324 g/mol. The van der Waals surface area contributed by atoms with Crippen molar-refractivity contribution in [3.63, 3.8) is 0 Å². The molecule has 1 atom stereocenters. The average molecular weight is 348 g/mol. The first-order valence-corrected chi connectivity index (χ1v) is 8.33. The summed E-state index contributed by atoms with van der Waals surface area (Å²) in [5, 5.41) is 14.6. The molecule has 1 aliphatic rings. The molecule has 0 saturated heterocycles. The molecule has 0 fully saturated rings. The van der Waals surface area contributed by atoms with Crippen LogP contribution in [0.1, 0.15) is 24.8 Å². The topological polar surface area (TPSA) is 126 Å². The lowest BCUT2D eigenvalue weighted by Gasteiger charge is -2.15. The van der Waals surface area contributed by atoms with Gasteiger partial charge in [-0.25, -0.2) is 0 Å². The molecule has 136 valence electrons. The maximum absolute atomic E-state index is 11.8. The molecule has 1 aromatic rings. The van der Waals surface area contributed by atoms with Gasteiger partial charge in [-0.3, -0.25) is 19.9 Å². The number of ether oxygens (including phenoxy) is 1. The second kappa shape index (κ2) is 9.63. The number of nitrogens with two attached hydrogens (primary N) is 1. The number of aliphatic imine (C=N–C) groups is 1. The summed E-state index contributed by atoms with van der Waals surface area (Å²) in [7, 11) is 0. The third kappa shape index (κ3) is 6.80. The molecule has 0 saturated carbocycles. The van der Waals surface area contributed by atoms with Crippen LogP contribution in [-0.2, 0) is 16.0 Å². The molecule has 5 N–H and O–H groups in total. The van der Waals surface area contributed by atoms with Gasteiger partial charge in [-0.1, -0.05) is 12.1 Å². The van der Waals surface area contributed by atoms with Crippen molar-refractivity contribution < 1.29 is 19.4 Å². The fourth-order valence-electron chi connectivity index (χ4n) is 2.30. The molecule has 0 radical (unpaired) electrons. The Hall–Kier alpha value is -2.61. The zero-order chi connectivity index (χ0) is 18.1. The quantitative estimate of drug-likeness (QED) is 0.500. The Morgan fingerprint density at radius 1 is 1.36 bits per heavy atom. The van der Waals surface area contributed by atoms with Crippen LogP contribution in [0.5, 0.6) is 5.75 Å². The molecule has 1 aromatic carbocycles. The van der Waals surface area contributed by atoms with E-state index in [0.717, 1.165) is 25.1 Å². The van der Waals surface area contributed by atoms with Gasteiger partial charge in [-0.15, -0.1) is 0 Å². The van der Waals surface area contributed by atoms with E-state index in [9.17, 15) is 9.59 Å². The molecule has 1 amide bonds. The fourth-order valence-corrected chi connectivity index (χ4v) is 2.30. The van der Waals surface area contributed by atoms with E-state index in [1.807, 2.05) is 0 Å². The summed E-state index contributed by atoms with van der Waals surface area (Å²) >= 11 is 0. The lowest BCUT2D eigenvalue weighted by molar-refractivity contribution is -0.138. The van der Waals surface area contributed by atoms with E-state index in [1.165, 1.54) is 0 Å². The number of nitrogens with zero attached hydrogens (tertiary/aromatic N) is 1. The number of rotatable bonds is 8. The maximum atomic E-state index is 11.8. The Morgan fingerprint density at radius 2 is 2.12 bits per heavy atom. The monoisotopic (exact) mass is 348 g/mol. The highest BCUT2D eigenvalue weighted by Gasteiger charge is 2.12. The number of hydrogen-bond acceptors (Lipinski definition) is 6. The highest BCUT2D eigenvalue weighted by atomic mass is 16.5. The molecule has 2 rings (SSSR count). The number of amides is 1. The smallest absolute Gasteiger partial charge is 0.320 e. The number of carboxylic acid groups (broad SMARTS) is 1. The summed E-state index contributed by atoms with van der Waals surface area (Å²) in [6, 6.07) is 6.21. The summed E-state index contributed by atoms with van der Waals surface area (Å²) in [5.41, 5.74) is 6.33. The van der Waals surface area contributed by atoms with Crippen molar-refractivity contribution in [3.05, 3.63) is 29.8 Å². The van der Waals surface area contributed by atoms with E-state index in [1.54, 1.807) is 24.3 Å².